The van der Waals surface area contributed by atoms with Crippen LogP contribution in [0.5, 0.6) is 0 Å². The van der Waals surface area contributed by atoms with Gasteiger partial charge in [-0.1, -0.05) is 24.3 Å². The Hall–Kier alpha value is -1.81. The highest BCUT2D eigenvalue weighted by Crippen LogP contribution is 2.22. The van der Waals surface area contributed by atoms with Crippen LogP contribution >= 0.6 is 11.8 Å². The summed E-state index contributed by atoms with van der Waals surface area (Å²) >= 11 is 1.59. The number of carbonyl (C=O) groups is 1. The molecule has 0 bridgehead atoms. The molecular formula is C13H12N2OS. The number of benzene rings is 1. The van der Waals surface area contributed by atoms with Gasteiger partial charge in [0.2, 0.25) is 5.91 Å². The smallest absolute Gasteiger partial charge is 0.249 e. The third-order valence-electron chi connectivity index (χ3n) is 2.30. The lowest BCUT2D eigenvalue weighted by Crippen LogP contribution is -2.13. The Balaban J connectivity index is 2.12. The number of hydrogen-bond donors (Lipinski definition) is 1. The molecule has 1 amide bonds. The molecule has 3 nitrogen and oxygen atoms in total. The van der Waals surface area contributed by atoms with Crippen LogP contribution in [0.1, 0.15) is 15.9 Å². The molecule has 0 spiro atoms. The number of aromatic nitrogens is 1. The highest BCUT2D eigenvalue weighted by atomic mass is 32.2. The fraction of sp³-hybridized carbons (Fsp3) is 0.0769. The highest BCUT2D eigenvalue weighted by molar-refractivity contribution is 7.98. The van der Waals surface area contributed by atoms with E-state index >= 15 is 0 Å². The molecule has 4 heteroatoms. The number of primary amides is 1. The molecule has 2 aromatic rings. The van der Waals surface area contributed by atoms with Crippen LogP contribution in [0, 0.1) is 0 Å². The molecule has 0 fully saturated rings. The number of pyridine rings is 1. The molecule has 2 N–H and O–H groups in total. The van der Waals surface area contributed by atoms with E-state index in [1.807, 2.05) is 36.4 Å². The van der Waals surface area contributed by atoms with Crippen molar-refractivity contribution in [1.29, 1.82) is 0 Å². The molecular weight excluding hydrogens is 232 g/mol. The summed E-state index contributed by atoms with van der Waals surface area (Å²) in [5, 5.41) is 0.937. The second-order valence-corrected chi connectivity index (χ2v) is 4.47. The van der Waals surface area contributed by atoms with E-state index in [0.717, 1.165) is 10.6 Å². The van der Waals surface area contributed by atoms with Crippen LogP contribution in [0.2, 0.25) is 0 Å². The summed E-state index contributed by atoms with van der Waals surface area (Å²) in [7, 11) is 0. The lowest BCUT2D eigenvalue weighted by Gasteiger charge is -2.05. The van der Waals surface area contributed by atoms with Gasteiger partial charge >= 0.3 is 0 Å². The largest absolute Gasteiger partial charge is 0.366 e. The number of nitrogens with zero attached hydrogens (tertiary/aromatic N) is 1. The van der Waals surface area contributed by atoms with E-state index in [2.05, 4.69) is 4.98 Å². The second-order valence-electron chi connectivity index (χ2n) is 3.48. The molecule has 0 aliphatic carbocycles. The molecule has 1 heterocycles. The van der Waals surface area contributed by atoms with E-state index in [1.165, 1.54) is 0 Å². The summed E-state index contributed by atoms with van der Waals surface area (Å²) in [5.41, 5.74) is 6.84. The van der Waals surface area contributed by atoms with Crippen LogP contribution in [-0.4, -0.2) is 10.9 Å². The van der Waals surface area contributed by atoms with Gasteiger partial charge in [-0.2, -0.15) is 0 Å². The number of thioether (sulfide) groups is 1. The maximum atomic E-state index is 11.2. The van der Waals surface area contributed by atoms with Gasteiger partial charge in [-0.3, -0.25) is 4.79 Å². The Labute approximate surface area is 104 Å². The van der Waals surface area contributed by atoms with Gasteiger partial charge in [-0.05, 0) is 23.8 Å². The zero-order chi connectivity index (χ0) is 12.1. The molecule has 0 atom stereocenters. The third-order valence-corrected chi connectivity index (χ3v) is 3.29. The number of nitrogens with two attached hydrogens (primary N) is 1. The van der Waals surface area contributed by atoms with Crippen molar-refractivity contribution < 1.29 is 4.79 Å². The van der Waals surface area contributed by atoms with Crippen molar-refractivity contribution in [2.24, 2.45) is 5.73 Å². The summed E-state index contributed by atoms with van der Waals surface area (Å²) in [6.07, 6.45) is 1.75. The minimum atomic E-state index is -0.387. The second kappa shape index (κ2) is 5.50. The SMILES string of the molecule is NC(=O)c1ccccc1CSc1ccccn1. The van der Waals surface area contributed by atoms with Gasteiger partial charge in [0, 0.05) is 17.5 Å². The number of amides is 1. The summed E-state index contributed by atoms with van der Waals surface area (Å²) in [5.74, 6) is 0.304. The van der Waals surface area contributed by atoms with Gasteiger partial charge in [-0.15, -0.1) is 11.8 Å². The topological polar surface area (TPSA) is 56.0 Å². The van der Waals surface area contributed by atoms with E-state index in [0.29, 0.717) is 11.3 Å². The van der Waals surface area contributed by atoms with Crippen molar-refractivity contribution >= 4 is 17.7 Å². The van der Waals surface area contributed by atoms with Crippen molar-refractivity contribution in [2.75, 3.05) is 0 Å². The van der Waals surface area contributed by atoms with E-state index in [-0.39, 0.29) is 5.91 Å². The predicted molar refractivity (Wildman–Crippen MR) is 68.8 cm³/mol. The minimum absolute atomic E-state index is 0.387. The van der Waals surface area contributed by atoms with Crippen LogP contribution in [0.15, 0.2) is 53.7 Å². The van der Waals surface area contributed by atoms with Crippen molar-refractivity contribution in [3.05, 3.63) is 59.8 Å². The van der Waals surface area contributed by atoms with E-state index in [9.17, 15) is 4.79 Å². The van der Waals surface area contributed by atoms with Gasteiger partial charge in [-0.25, -0.2) is 4.98 Å². The standard InChI is InChI=1S/C13H12N2OS/c14-13(16)11-6-2-1-5-10(11)9-17-12-7-3-4-8-15-12/h1-8H,9H2,(H2,14,16). The predicted octanol–water partition coefficient (Wildman–Crippen LogP) is 2.47. The number of rotatable bonds is 4. The Bertz CT molecular complexity index is 514. The van der Waals surface area contributed by atoms with Crippen molar-refractivity contribution in [3.8, 4) is 0 Å². The maximum Gasteiger partial charge on any atom is 0.249 e. The summed E-state index contributed by atoms with van der Waals surface area (Å²) in [4.78, 5) is 15.4. The minimum Gasteiger partial charge on any atom is -0.366 e. The molecule has 0 radical (unpaired) electrons. The first-order valence-corrected chi connectivity index (χ1v) is 6.17. The lowest BCUT2D eigenvalue weighted by atomic mass is 10.1. The Morgan fingerprint density at radius 3 is 2.65 bits per heavy atom. The Kier molecular flexibility index (Phi) is 3.77. The molecule has 1 aromatic carbocycles. The molecule has 0 aliphatic heterocycles. The first-order valence-electron chi connectivity index (χ1n) is 5.19. The highest BCUT2D eigenvalue weighted by Gasteiger charge is 2.07. The summed E-state index contributed by atoms with van der Waals surface area (Å²) < 4.78 is 0. The van der Waals surface area contributed by atoms with Crippen molar-refractivity contribution in [2.45, 2.75) is 10.8 Å². The molecule has 17 heavy (non-hydrogen) atoms. The van der Waals surface area contributed by atoms with E-state index in [4.69, 9.17) is 5.73 Å². The fourth-order valence-corrected chi connectivity index (χ4v) is 2.34. The molecule has 1 aromatic heterocycles. The number of carbonyl (C=O) groups excluding carboxylic acids is 1. The average Bonchev–Trinajstić information content (AvgIpc) is 2.38. The quantitative estimate of drug-likeness (QED) is 0.840. The van der Waals surface area contributed by atoms with Crippen LogP contribution < -0.4 is 5.73 Å². The molecule has 0 saturated carbocycles. The monoisotopic (exact) mass is 244 g/mol. The van der Waals surface area contributed by atoms with Crippen molar-refractivity contribution in [3.63, 3.8) is 0 Å². The van der Waals surface area contributed by atoms with Crippen molar-refractivity contribution in [1.82, 2.24) is 4.98 Å². The van der Waals surface area contributed by atoms with Crippen LogP contribution in [0.4, 0.5) is 0 Å². The van der Waals surface area contributed by atoms with Crippen LogP contribution in [0.3, 0.4) is 0 Å². The van der Waals surface area contributed by atoms with E-state index < -0.39 is 0 Å². The first-order chi connectivity index (χ1) is 8.27. The average molecular weight is 244 g/mol. The Morgan fingerprint density at radius 1 is 1.18 bits per heavy atom. The number of hydrogen-bond acceptors (Lipinski definition) is 3. The van der Waals surface area contributed by atoms with Crippen LogP contribution in [-0.2, 0) is 5.75 Å². The summed E-state index contributed by atoms with van der Waals surface area (Å²) in [6.45, 7) is 0. The molecule has 0 saturated heterocycles. The third kappa shape index (κ3) is 3.07. The van der Waals surface area contributed by atoms with Gasteiger partial charge in [0.05, 0.1) is 5.03 Å². The molecule has 0 aliphatic rings. The lowest BCUT2D eigenvalue weighted by molar-refractivity contribution is 0.0999. The van der Waals surface area contributed by atoms with Gasteiger partial charge < -0.3 is 5.73 Å². The van der Waals surface area contributed by atoms with Gasteiger partial charge in [0.25, 0.3) is 0 Å². The zero-order valence-electron chi connectivity index (χ0n) is 9.17. The fourth-order valence-electron chi connectivity index (χ4n) is 1.47. The molecule has 0 unspecified atom stereocenters. The van der Waals surface area contributed by atoms with Gasteiger partial charge in [0.1, 0.15) is 0 Å². The maximum absolute atomic E-state index is 11.2. The zero-order valence-corrected chi connectivity index (χ0v) is 9.98. The first kappa shape index (κ1) is 11.7. The normalized spacial score (nSPS) is 10.1. The molecule has 2 rings (SSSR count). The Morgan fingerprint density at radius 2 is 1.94 bits per heavy atom. The van der Waals surface area contributed by atoms with E-state index in [1.54, 1.807) is 24.0 Å². The summed E-state index contributed by atoms with van der Waals surface area (Å²) in [6, 6.07) is 13.1. The van der Waals surface area contributed by atoms with Crippen LogP contribution in [0.25, 0.3) is 0 Å². The van der Waals surface area contributed by atoms with Gasteiger partial charge in [0.15, 0.2) is 0 Å². The molecule has 86 valence electrons.